The molecule has 3 aromatic heterocycles. The average molecular weight is 514 g/mol. The third-order valence-electron chi connectivity index (χ3n) is 7.73. The molecule has 11 nitrogen and oxygen atoms in total. The van der Waals surface area contributed by atoms with E-state index in [1.165, 1.54) is 0 Å². The van der Waals surface area contributed by atoms with Crippen LogP contribution in [0, 0.1) is 0 Å². The Labute approximate surface area is 218 Å². The summed E-state index contributed by atoms with van der Waals surface area (Å²) in [6.07, 6.45) is 3.57. The molecule has 0 bridgehead atoms. The molecule has 0 aliphatic carbocycles. The molecule has 1 aromatic carbocycles. The maximum Gasteiger partial charge on any atom is 0.248 e. The first-order valence-electron chi connectivity index (χ1n) is 12.7. The smallest absolute Gasteiger partial charge is 0.248 e. The molecule has 38 heavy (non-hydrogen) atoms. The number of nitrogens with zero attached hydrogens (tertiary/aromatic N) is 7. The van der Waals surface area contributed by atoms with Crippen molar-refractivity contribution in [1.82, 2.24) is 29.4 Å². The molecule has 0 unspecified atom stereocenters. The van der Waals surface area contributed by atoms with Gasteiger partial charge in [-0.25, -0.2) is 19.9 Å². The van der Waals surface area contributed by atoms with Crippen LogP contribution < -0.4 is 9.64 Å². The number of ether oxygens (including phenoxy) is 2. The SMILES string of the molecule is C[C@H]1CN(c2ncc(-c3ccc4nc5n(c4n3)[C@]3(COC5)COc4ccccc43)cn2)CCN1C(=O)CO. The first-order valence-corrected chi connectivity index (χ1v) is 12.7. The predicted octanol–water partition coefficient (Wildman–Crippen LogP) is 1.58. The van der Waals surface area contributed by atoms with Gasteiger partial charge in [-0.05, 0) is 25.1 Å². The molecule has 4 aromatic rings. The van der Waals surface area contributed by atoms with E-state index < -0.39 is 12.1 Å². The highest BCUT2D eigenvalue weighted by Crippen LogP contribution is 2.44. The highest BCUT2D eigenvalue weighted by molar-refractivity contribution is 5.78. The summed E-state index contributed by atoms with van der Waals surface area (Å²) in [5.74, 6) is 2.05. The van der Waals surface area contributed by atoms with Crippen molar-refractivity contribution in [1.29, 1.82) is 0 Å². The van der Waals surface area contributed by atoms with Crippen LogP contribution in [0.2, 0.25) is 0 Å². The van der Waals surface area contributed by atoms with Gasteiger partial charge in [0.2, 0.25) is 11.9 Å². The second-order valence-electron chi connectivity index (χ2n) is 10.0. The zero-order valence-electron chi connectivity index (χ0n) is 20.9. The standard InChI is InChI=1S/C27H27N7O4/c1-17-12-32(8-9-33(17)24(36)13-35)26-28-10-18(11-29-26)20-6-7-21-25(31-20)34-23(30-21)14-37-15-27(34)16-38-22-5-3-2-4-19(22)27/h2-7,10-11,17,35H,8-9,12-16H2,1H3/t17-,27+/m0/s1. The van der Waals surface area contributed by atoms with Crippen LogP contribution in [-0.4, -0.2) is 85.9 Å². The fourth-order valence-electron chi connectivity index (χ4n) is 5.86. The molecular formula is C27H27N7O4. The number of piperazine rings is 1. The summed E-state index contributed by atoms with van der Waals surface area (Å²) >= 11 is 0. The van der Waals surface area contributed by atoms with Crippen molar-refractivity contribution in [3.8, 4) is 17.0 Å². The number of hydrogen-bond donors (Lipinski definition) is 1. The minimum Gasteiger partial charge on any atom is -0.490 e. The van der Waals surface area contributed by atoms with Crippen LogP contribution in [0.4, 0.5) is 5.95 Å². The van der Waals surface area contributed by atoms with Crippen LogP contribution in [0.15, 0.2) is 48.8 Å². The topological polar surface area (TPSA) is 119 Å². The van der Waals surface area contributed by atoms with Gasteiger partial charge < -0.3 is 24.4 Å². The number of aliphatic hydroxyl groups is 1. The molecule has 1 fully saturated rings. The molecule has 1 spiro atoms. The number of aliphatic hydroxyl groups excluding tert-OH is 1. The number of carbonyl (C=O) groups excluding carboxylic acids is 1. The second-order valence-corrected chi connectivity index (χ2v) is 10.0. The van der Waals surface area contributed by atoms with Gasteiger partial charge >= 0.3 is 0 Å². The van der Waals surface area contributed by atoms with Crippen molar-refractivity contribution in [2.75, 3.05) is 44.4 Å². The number of rotatable bonds is 3. The summed E-state index contributed by atoms with van der Waals surface area (Å²) in [5.41, 5.74) is 3.71. The van der Waals surface area contributed by atoms with E-state index in [0.717, 1.165) is 39.6 Å². The first kappa shape index (κ1) is 23.1. The molecule has 11 heteroatoms. The lowest BCUT2D eigenvalue weighted by Crippen LogP contribution is -2.55. The van der Waals surface area contributed by atoms with E-state index in [9.17, 15) is 9.90 Å². The second kappa shape index (κ2) is 8.74. The predicted molar refractivity (Wildman–Crippen MR) is 138 cm³/mol. The lowest BCUT2D eigenvalue weighted by molar-refractivity contribution is -0.136. The van der Waals surface area contributed by atoms with Gasteiger partial charge in [0.05, 0.1) is 12.3 Å². The molecule has 3 aliphatic heterocycles. The Morgan fingerprint density at radius 3 is 2.76 bits per heavy atom. The van der Waals surface area contributed by atoms with E-state index in [1.54, 1.807) is 17.3 Å². The fourth-order valence-corrected chi connectivity index (χ4v) is 5.86. The third-order valence-corrected chi connectivity index (χ3v) is 7.73. The number of benzene rings is 1. The van der Waals surface area contributed by atoms with E-state index in [-0.39, 0.29) is 11.9 Å². The summed E-state index contributed by atoms with van der Waals surface area (Å²) < 4.78 is 14.2. The number of imidazole rings is 1. The lowest BCUT2D eigenvalue weighted by atomic mass is 9.91. The van der Waals surface area contributed by atoms with E-state index in [1.807, 2.05) is 37.3 Å². The van der Waals surface area contributed by atoms with Crippen LogP contribution in [0.25, 0.3) is 22.4 Å². The first-order chi connectivity index (χ1) is 18.6. The molecule has 1 amide bonds. The summed E-state index contributed by atoms with van der Waals surface area (Å²) in [4.78, 5) is 34.8. The molecular weight excluding hydrogens is 486 g/mol. The quantitative estimate of drug-likeness (QED) is 0.436. The van der Waals surface area contributed by atoms with Gasteiger partial charge in [0, 0.05) is 49.2 Å². The maximum atomic E-state index is 11.9. The van der Waals surface area contributed by atoms with Gasteiger partial charge in [0.1, 0.15) is 42.5 Å². The van der Waals surface area contributed by atoms with Gasteiger partial charge in [-0.2, -0.15) is 0 Å². The summed E-state index contributed by atoms with van der Waals surface area (Å²) in [6.45, 7) is 4.59. The van der Waals surface area contributed by atoms with Crippen molar-refractivity contribution < 1.29 is 19.4 Å². The van der Waals surface area contributed by atoms with Crippen LogP contribution >= 0.6 is 0 Å². The molecule has 2 atom stereocenters. The highest BCUT2D eigenvalue weighted by Gasteiger charge is 2.47. The third kappa shape index (κ3) is 3.46. The van der Waals surface area contributed by atoms with E-state index >= 15 is 0 Å². The summed E-state index contributed by atoms with van der Waals surface area (Å²) in [5, 5.41) is 9.19. The largest absolute Gasteiger partial charge is 0.490 e. The van der Waals surface area contributed by atoms with Crippen molar-refractivity contribution in [3.05, 3.63) is 60.2 Å². The van der Waals surface area contributed by atoms with E-state index in [4.69, 9.17) is 19.4 Å². The minimum atomic E-state index is -0.513. The maximum absolute atomic E-state index is 11.9. The van der Waals surface area contributed by atoms with Gasteiger partial charge in [0.15, 0.2) is 5.65 Å². The zero-order chi connectivity index (χ0) is 25.9. The Hall–Kier alpha value is -4.09. The molecule has 194 valence electrons. The Kier molecular flexibility index (Phi) is 5.31. The molecule has 0 radical (unpaired) electrons. The zero-order valence-corrected chi connectivity index (χ0v) is 20.9. The number of hydrogen-bond acceptors (Lipinski definition) is 9. The monoisotopic (exact) mass is 513 g/mol. The lowest BCUT2D eigenvalue weighted by Gasteiger charge is -2.39. The van der Waals surface area contributed by atoms with Crippen molar-refractivity contribution in [2.45, 2.75) is 25.1 Å². The van der Waals surface area contributed by atoms with Crippen molar-refractivity contribution in [3.63, 3.8) is 0 Å². The van der Waals surface area contributed by atoms with Gasteiger partial charge in [-0.1, -0.05) is 18.2 Å². The van der Waals surface area contributed by atoms with Crippen LogP contribution in [0.5, 0.6) is 5.75 Å². The van der Waals surface area contributed by atoms with Crippen molar-refractivity contribution >= 4 is 23.0 Å². The number of para-hydroxylation sites is 1. The number of pyridine rings is 1. The van der Waals surface area contributed by atoms with Crippen LogP contribution in [-0.2, 0) is 21.7 Å². The Morgan fingerprint density at radius 1 is 1.11 bits per heavy atom. The van der Waals surface area contributed by atoms with Crippen LogP contribution in [0.3, 0.4) is 0 Å². The average Bonchev–Trinajstić information content (AvgIpc) is 3.52. The summed E-state index contributed by atoms with van der Waals surface area (Å²) in [7, 11) is 0. The van der Waals surface area contributed by atoms with Gasteiger partial charge in [-0.15, -0.1) is 0 Å². The fraction of sp³-hybridized carbons (Fsp3) is 0.370. The highest BCUT2D eigenvalue weighted by atomic mass is 16.5. The number of anilines is 1. The number of fused-ring (bicyclic) bond motifs is 6. The van der Waals surface area contributed by atoms with Gasteiger partial charge in [0.25, 0.3) is 0 Å². The number of amides is 1. The summed E-state index contributed by atoms with van der Waals surface area (Å²) in [6, 6.07) is 11.9. The Bertz CT molecular complexity index is 1540. The molecule has 1 saturated heterocycles. The van der Waals surface area contributed by atoms with Gasteiger partial charge in [-0.3, -0.25) is 9.36 Å². The number of aromatic nitrogens is 5. The minimum absolute atomic E-state index is 0.0372. The molecule has 6 heterocycles. The van der Waals surface area contributed by atoms with Crippen molar-refractivity contribution in [2.24, 2.45) is 0 Å². The van der Waals surface area contributed by atoms with Crippen LogP contribution in [0.1, 0.15) is 18.3 Å². The molecule has 0 saturated carbocycles. The Balaban J connectivity index is 1.21. The molecule has 7 rings (SSSR count). The Morgan fingerprint density at radius 2 is 1.95 bits per heavy atom. The normalized spacial score (nSPS) is 22.4. The molecule has 3 aliphatic rings. The van der Waals surface area contributed by atoms with E-state index in [2.05, 4.69) is 25.5 Å². The van der Waals surface area contributed by atoms with E-state index in [0.29, 0.717) is 45.4 Å². The number of carbonyl (C=O) groups is 1. The molecule has 1 N–H and O–H groups in total.